The summed E-state index contributed by atoms with van der Waals surface area (Å²) in [6.07, 6.45) is -0.551. The lowest BCUT2D eigenvalue weighted by atomic mass is 10.0. The molecule has 2 aromatic carbocycles. The summed E-state index contributed by atoms with van der Waals surface area (Å²) in [4.78, 5) is 12.2. The first-order valence-corrected chi connectivity index (χ1v) is 7.60. The van der Waals surface area contributed by atoms with Crippen LogP contribution in [0.1, 0.15) is 37.8 Å². The molecular formula is C19H23NO2. The highest BCUT2D eigenvalue weighted by atomic mass is 16.5. The highest BCUT2D eigenvalue weighted by Gasteiger charge is 2.15. The zero-order valence-corrected chi connectivity index (χ0v) is 13.6. The Morgan fingerprint density at radius 1 is 1.05 bits per heavy atom. The molecule has 0 aliphatic rings. The third-order valence-corrected chi connectivity index (χ3v) is 3.49. The molecule has 0 bridgehead atoms. The summed E-state index contributed by atoms with van der Waals surface area (Å²) in [5, 5.41) is 2.91. The van der Waals surface area contributed by atoms with E-state index in [0.29, 0.717) is 11.7 Å². The maximum absolute atomic E-state index is 12.2. The van der Waals surface area contributed by atoms with Crippen LogP contribution in [0.15, 0.2) is 48.5 Å². The van der Waals surface area contributed by atoms with Crippen molar-refractivity contribution >= 4 is 11.6 Å². The topological polar surface area (TPSA) is 38.3 Å². The summed E-state index contributed by atoms with van der Waals surface area (Å²) in [7, 11) is 0. The van der Waals surface area contributed by atoms with Gasteiger partial charge in [0.05, 0.1) is 0 Å². The summed E-state index contributed by atoms with van der Waals surface area (Å²) in [6, 6.07) is 15.6. The molecule has 0 radical (unpaired) electrons. The Labute approximate surface area is 132 Å². The van der Waals surface area contributed by atoms with Gasteiger partial charge in [0.25, 0.3) is 5.91 Å². The molecule has 0 saturated heterocycles. The number of rotatable bonds is 5. The van der Waals surface area contributed by atoms with Crippen molar-refractivity contribution < 1.29 is 9.53 Å². The van der Waals surface area contributed by atoms with Crippen LogP contribution < -0.4 is 10.1 Å². The molecule has 3 heteroatoms. The Hall–Kier alpha value is -2.29. The molecule has 0 aromatic heterocycles. The van der Waals surface area contributed by atoms with E-state index in [1.807, 2.05) is 49.4 Å². The average Bonchev–Trinajstić information content (AvgIpc) is 2.47. The Kier molecular flexibility index (Phi) is 5.21. The minimum Gasteiger partial charge on any atom is -0.481 e. The standard InChI is InChI=1S/C19H23NO2/c1-13(2)16-8-6-9-17(12-16)20-19(21)15(4)22-18-10-5-7-14(3)11-18/h5-13,15H,1-4H3,(H,20,21)/t15-/m1/s1. The number of carbonyl (C=O) groups excluding carboxylic acids is 1. The fraction of sp³-hybridized carbons (Fsp3) is 0.316. The predicted octanol–water partition coefficient (Wildman–Crippen LogP) is 4.52. The van der Waals surface area contributed by atoms with Crippen LogP contribution in [-0.2, 0) is 4.79 Å². The van der Waals surface area contributed by atoms with Crippen molar-refractivity contribution in [3.63, 3.8) is 0 Å². The quantitative estimate of drug-likeness (QED) is 0.881. The number of amides is 1. The third kappa shape index (κ3) is 4.35. The molecule has 1 N–H and O–H groups in total. The molecule has 0 fully saturated rings. The summed E-state index contributed by atoms with van der Waals surface area (Å²) in [6.45, 7) is 8.01. The Morgan fingerprint density at radius 3 is 2.45 bits per heavy atom. The van der Waals surface area contributed by atoms with E-state index in [0.717, 1.165) is 11.3 Å². The molecule has 0 unspecified atom stereocenters. The Morgan fingerprint density at radius 2 is 1.77 bits per heavy atom. The number of ether oxygens (including phenoxy) is 1. The first-order chi connectivity index (χ1) is 10.5. The van der Waals surface area contributed by atoms with Crippen molar-refractivity contribution in [2.24, 2.45) is 0 Å². The molecule has 22 heavy (non-hydrogen) atoms. The number of hydrogen-bond acceptors (Lipinski definition) is 2. The number of carbonyl (C=O) groups is 1. The zero-order chi connectivity index (χ0) is 16.1. The van der Waals surface area contributed by atoms with Crippen LogP contribution in [0.3, 0.4) is 0 Å². The van der Waals surface area contributed by atoms with Gasteiger partial charge in [-0.15, -0.1) is 0 Å². The number of nitrogens with one attached hydrogen (secondary N) is 1. The van der Waals surface area contributed by atoms with E-state index in [1.165, 1.54) is 5.56 Å². The molecule has 0 saturated carbocycles. The lowest BCUT2D eigenvalue weighted by Gasteiger charge is -2.16. The van der Waals surface area contributed by atoms with Gasteiger partial charge in [-0.3, -0.25) is 4.79 Å². The minimum absolute atomic E-state index is 0.151. The van der Waals surface area contributed by atoms with E-state index in [9.17, 15) is 4.79 Å². The highest BCUT2D eigenvalue weighted by molar-refractivity contribution is 5.94. The minimum atomic E-state index is -0.551. The molecule has 0 aliphatic heterocycles. The fourth-order valence-electron chi connectivity index (χ4n) is 2.17. The van der Waals surface area contributed by atoms with Gasteiger partial charge in [-0.05, 0) is 55.2 Å². The van der Waals surface area contributed by atoms with Crippen LogP contribution in [0.5, 0.6) is 5.75 Å². The van der Waals surface area contributed by atoms with Crippen molar-refractivity contribution in [3.8, 4) is 5.75 Å². The monoisotopic (exact) mass is 297 g/mol. The molecule has 116 valence electrons. The number of hydrogen-bond donors (Lipinski definition) is 1. The Balaban J connectivity index is 2.01. The molecule has 0 heterocycles. The van der Waals surface area contributed by atoms with Gasteiger partial charge in [0, 0.05) is 5.69 Å². The van der Waals surface area contributed by atoms with Crippen LogP contribution >= 0.6 is 0 Å². The second-order valence-corrected chi connectivity index (χ2v) is 5.85. The largest absolute Gasteiger partial charge is 0.481 e. The summed E-state index contributed by atoms with van der Waals surface area (Å²) < 4.78 is 5.69. The number of benzene rings is 2. The van der Waals surface area contributed by atoms with Crippen LogP contribution in [-0.4, -0.2) is 12.0 Å². The molecule has 3 nitrogen and oxygen atoms in total. The molecule has 0 aliphatic carbocycles. The van der Waals surface area contributed by atoms with Gasteiger partial charge in [-0.1, -0.05) is 38.1 Å². The highest BCUT2D eigenvalue weighted by Crippen LogP contribution is 2.19. The third-order valence-electron chi connectivity index (χ3n) is 3.49. The van der Waals surface area contributed by atoms with Crippen molar-refractivity contribution in [1.29, 1.82) is 0 Å². The summed E-state index contributed by atoms with van der Waals surface area (Å²) in [5.41, 5.74) is 3.11. The maximum atomic E-state index is 12.2. The predicted molar refractivity (Wildman–Crippen MR) is 90.4 cm³/mol. The van der Waals surface area contributed by atoms with Crippen LogP contribution in [0.2, 0.25) is 0 Å². The van der Waals surface area contributed by atoms with Crippen molar-refractivity contribution in [2.75, 3.05) is 5.32 Å². The Bertz CT molecular complexity index is 649. The van der Waals surface area contributed by atoms with Crippen molar-refractivity contribution in [3.05, 3.63) is 59.7 Å². The first kappa shape index (κ1) is 16.1. The zero-order valence-electron chi connectivity index (χ0n) is 13.6. The van der Waals surface area contributed by atoms with Gasteiger partial charge in [0.15, 0.2) is 6.10 Å². The van der Waals surface area contributed by atoms with Crippen molar-refractivity contribution in [1.82, 2.24) is 0 Å². The second kappa shape index (κ2) is 7.12. The van der Waals surface area contributed by atoms with Gasteiger partial charge in [-0.2, -0.15) is 0 Å². The lowest BCUT2D eigenvalue weighted by Crippen LogP contribution is -2.30. The van der Waals surface area contributed by atoms with E-state index in [1.54, 1.807) is 6.92 Å². The van der Waals surface area contributed by atoms with Crippen LogP contribution in [0.4, 0.5) is 5.69 Å². The SMILES string of the molecule is Cc1cccc(O[C@H](C)C(=O)Nc2cccc(C(C)C)c2)c1. The molecule has 1 atom stereocenters. The molecule has 2 rings (SSSR count). The summed E-state index contributed by atoms with van der Waals surface area (Å²) >= 11 is 0. The lowest BCUT2D eigenvalue weighted by molar-refractivity contribution is -0.122. The molecular weight excluding hydrogens is 274 g/mol. The van der Waals surface area contributed by atoms with E-state index in [4.69, 9.17) is 4.74 Å². The van der Waals surface area contributed by atoms with E-state index < -0.39 is 6.10 Å². The van der Waals surface area contributed by atoms with Gasteiger partial charge < -0.3 is 10.1 Å². The van der Waals surface area contributed by atoms with E-state index >= 15 is 0 Å². The molecule has 1 amide bonds. The van der Waals surface area contributed by atoms with Crippen LogP contribution in [0, 0.1) is 6.92 Å². The molecule has 2 aromatic rings. The van der Waals surface area contributed by atoms with Gasteiger partial charge in [-0.25, -0.2) is 0 Å². The maximum Gasteiger partial charge on any atom is 0.265 e. The normalized spacial score (nSPS) is 12.0. The number of aryl methyl sites for hydroxylation is 1. The first-order valence-electron chi connectivity index (χ1n) is 7.60. The van der Waals surface area contributed by atoms with E-state index in [-0.39, 0.29) is 5.91 Å². The average molecular weight is 297 g/mol. The van der Waals surface area contributed by atoms with Crippen LogP contribution in [0.25, 0.3) is 0 Å². The van der Waals surface area contributed by atoms with Gasteiger partial charge in [0.1, 0.15) is 5.75 Å². The van der Waals surface area contributed by atoms with Gasteiger partial charge in [0.2, 0.25) is 0 Å². The smallest absolute Gasteiger partial charge is 0.265 e. The van der Waals surface area contributed by atoms with Gasteiger partial charge >= 0.3 is 0 Å². The summed E-state index contributed by atoms with van der Waals surface area (Å²) in [5.74, 6) is 0.985. The van der Waals surface area contributed by atoms with E-state index in [2.05, 4.69) is 25.2 Å². The number of anilines is 1. The molecule has 0 spiro atoms. The second-order valence-electron chi connectivity index (χ2n) is 5.85. The fourth-order valence-corrected chi connectivity index (χ4v) is 2.17. The van der Waals surface area contributed by atoms with Crippen molar-refractivity contribution in [2.45, 2.75) is 39.7 Å².